The number of thiophene rings is 1. The van der Waals surface area contributed by atoms with E-state index in [1.54, 1.807) is 0 Å². The molecule has 0 spiro atoms. The third kappa shape index (κ3) is 5.92. The van der Waals surface area contributed by atoms with Crippen LogP contribution in [0, 0.1) is 5.92 Å². The first-order chi connectivity index (χ1) is 17.4. The number of methoxy groups -OCH3 is 1. The predicted molar refractivity (Wildman–Crippen MR) is 143 cm³/mol. The Hall–Kier alpha value is -2.85. The highest BCUT2D eigenvalue weighted by atomic mass is 32.2. The number of ether oxygens (including phenoxy) is 2. The summed E-state index contributed by atoms with van der Waals surface area (Å²) in [6, 6.07) is 7.82. The fourth-order valence-corrected chi connectivity index (χ4v) is 6.22. The molecule has 3 aromatic rings. The monoisotopic (exact) mass is 528 g/mol. The summed E-state index contributed by atoms with van der Waals surface area (Å²) in [5, 5.41) is 12.9. The number of rotatable bonds is 10. The molecule has 8 nitrogen and oxygen atoms in total. The highest BCUT2D eigenvalue weighted by Gasteiger charge is 2.27. The molecule has 192 valence electrons. The number of aromatic nitrogens is 3. The predicted octanol–water partition coefficient (Wildman–Crippen LogP) is 5.46. The number of nitrogens with zero attached hydrogens (tertiary/aromatic N) is 3. The maximum atomic E-state index is 12.8. The fourth-order valence-electron chi connectivity index (χ4n) is 4.12. The largest absolute Gasteiger partial charge is 0.493 e. The van der Waals surface area contributed by atoms with Crippen LogP contribution in [-0.2, 0) is 28.9 Å². The molecule has 36 heavy (non-hydrogen) atoms. The summed E-state index contributed by atoms with van der Waals surface area (Å²) >= 11 is 2.81. The Kier molecular flexibility index (Phi) is 8.68. The van der Waals surface area contributed by atoms with Crippen molar-refractivity contribution in [2.24, 2.45) is 5.92 Å². The smallest absolute Gasteiger partial charge is 0.341 e. The van der Waals surface area contributed by atoms with Crippen LogP contribution in [-0.4, -0.2) is 46.1 Å². The zero-order chi connectivity index (χ0) is 25.7. The van der Waals surface area contributed by atoms with E-state index in [1.807, 2.05) is 35.8 Å². The average Bonchev–Trinajstić information content (AvgIpc) is 3.46. The van der Waals surface area contributed by atoms with Gasteiger partial charge >= 0.3 is 5.97 Å². The van der Waals surface area contributed by atoms with Gasteiger partial charge < -0.3 is 19.4 Å². The number of thioether (sulfide) groups is 1. The lowest BCUT2D eigenvalue weighted by Crippen LogP contribution is -2.17. The third-order valence-electron chi connectivity index (χ3n) is 5.88. The van der Waals surface area contributed by atoms with Crippen molar-refractivity contribution in [3.63, 3.8) is 0 Å². The Morgan fingerprint density at radius 3 is 2.61 bits per heavy atom. The molecule has 0 saturated heterocycles. The van der Waals surface area contributed by atoms with Crippen LogP contribution in [0.5, 0.6) is 5.75 Å². The molecule has 10 heteroatoms. The van der Waals surface area contributed by atoms with Gasteiger partial charge in [0.15, 0.2) is 11.0 Å². The van der Waals surface area contributed by atoms with Crippen molar-refractivity contribution >= 4 is 40.0 Å². The Labute approximate surface area is 219 Å². The number of anilines is 1. The lowest BCUT2D eigenvalue weighted by molar-refractivity contribution is -0.113. The van der Waals surface area contributed by atoms with Gasteiger partial charge in [-0.3, -0.25) is 4.79 Å². The van der Waals surface area contributed by atoms with E-state index >= 15 is 0 Å². The Morgan fingerprint density at radius 1 is 1.17 bits per heavy atom. The summed E-state index contributed by atoms with van der Waals surface area (Å²) in [4.78, 5) is 26.4. The van der Waals surface area contributed by atoms with Crippen molar-refractivity contribution in [3.8, 4) is 17.1 Å². The molecule has 0 radical (unpaired) electrons. The van der Waals surface area contributed by atoms with E-state index in [-0.39, 0.29) is 11.7 Å². The first-order valence-electron chi connectivity index (χ1n) is 12.2. The second-order valence-electron chi connectivity index (χ2n) is 9.02. The molecule has 1 N–H and O–H groups in total. The van der Waals surface area contributed by atoms with Crippen molar-refractivity contribution < 1.29 is 19.1 Å². The highest BCUT2D eigenvalue weighted by molar-refractivity contribution is 7.99. The van der Waals surface area contributed by atoms with Gasteiger partial charge in [-0.05, 0) is 68.4 Å². The van der Waals surface area contributed by atoms with Crippen molar-refractivity contribution in [2.75, 3.05) is 24.8 Å². The summed E-state index contributed by atoms with van der Waals surface area (Å²) in [6.07, 6.45) is 3.91. The average molecular weight is 529 g/mol. The topological polar surface area (TPSA) is 95.3 Å². The van der Waals surface area contributed by atoms with Crippen LogP contribution < -0.4 is 10.1 Å². The molecule has 1 amide bonds. The molecule has 4 rings (SSSR count). The number of benzene rings is 1. The minimum atomic E-state index is -0.395. The molecule has 0 unspecified atom stereocenters. The number of aryl methyl sites for hydroxylation is 1. The van der Waals surface area contributed by atoms with Crippen LogP contribution in [0.15, 0.2) is 29.4 Å². The summed E-state index contributed by atoms with van der Waals surface area (Å²) < 4.78 is 12.8. The number of esters is 1. The Morgan fingerprint density at radius 2 is 1.92 bits per heavy atom. The summed E-state index contributed by atoms with van der Waals surface area (Å²) in [6.45, 7) is 7.59. The van der Waals surface area contributed by atoms with Crippen molar-refractivity contribution in [3.05, 3.63) is 40.3 Å². The fraction of sp³-hybridized carbons (Fsp3) is 0.462. The van der Waals surface area contributed by atoms with E-state index in [0.29, 0.717) is 34.8 Å². The lowest BCUT2D eigenvalue weighted by atomic mass is 9.95. The molecule has 2 aromatic heterocycles. The van der Waals surface area contributed by atoms with E-state index in [9.17, 15) is 9.59 Å². The van der Waals surface area contributed by atoms with Crippen LogP contribution in [0.4, 0.5) is 5.00 Å². The molecule has 1 aliphatic rings. The Balaban J connectivity index is 1.43. The normalized spacial score (nSPS) is 12.9. The zero-order valence-corrected chi connectivity index (χ0v) is 22.8. The van der Waals surface area contributed by atoms with Crippen molar-refractivity contribution in [1.82, 2.24) is 14.8 Å². The number of amides is 1. The van der Waals surface area contributed by atoms with Crippen molar-refractivity contribution in [1.29, 1.82) is 0 Å². The van der Waals surface area contributed by atoms with E-state index in [0.717, 1.165) is 48.4 Å². The molecular formula is C26H32N4O4S2. The Bertz CT molecular complexity index is 1220. The van der Waals surface area contributed by atoms with E-state index in [1.165, 1.54) is 35.1 Å². The first-order valence-corrected chi connectivity index (χ1v) is 14.0. The molecule has 0 saturated carbocycles. The number of hydrogen-bond donors (Lipinski definition) is 1. The number of hydrogen-bond acceptors (Lipinski definition) is 8. The minimum Gasteiger partial charge on any atom is -0.493 e. The van der Waals surface area contributed by atoms with Gasteiger partial charge in [-0.15, -0.1) is 21.5 Å². The van der Waals surface area contributed by atoms with Gasteiger partial charge in [0.2, 0.25) is 5.91 Å². The van der Waals surface area contributed by atoms with Gasteiger partial charge in [0.25, 0.3) is 0 Å². The van der Waals surface area contributed by atoms with Gasteiger partial charge in [-0.2, -0.15) is 0 Å². The molecule has 1 aliphatic carbocycles. The molecule has 0 fully saturated rings. The molecular weight excluding hydrogens is 496 g/mol. The van der Waals surface area contributed by atoms with E-state index < -0.39 is 5.97 Å². The SMILES string of the molecule is CCn1c(SCC(=O)Nc2sc3c(c2C(=O)OC)CCCC3)nnc1-c1ccc(OCC(C)C)cc1. The number of carbonyl (C=O) groups is 2. The van der Waals surface area contributed by atoms with Crippen molar-refractivity contribution in [2.45, 2.75) is 58.2 Å². The highest BCUT2D eigenvalue weighted by Crippen LogP contribution is 2.38. The van der Waals surface area contributed by atoms with Gasteiger partial charge in [0.05, 0.1) is 25.0 Å². The summed E-state index contributed by atoms with van der Waals surface area (Å²) in [5.41, 5.74) is 2.47. The van der Waals surface area contributed by atoms with E-state index in [4.69, 9.17) is 9.47 Å². The van der Waals surface area contributed by atoms with Crippen LogP contribution in [0.3, 0.4) is 0 Å². The maximum Gasteiger partial charge on any atom is 0.341 e. The van der Waals surface area contributed by atoms with Gasteiger partial charge in [0, 0.05) is 17.0 Å². The number of nitrogens with one attached hydrogen (secondary N) is 1. The molecule has 2 heterocycles. The minimum absolute atomic E-state index is 0.156. The maximum absolute atomic E-state index is 12.8. The second kappa shape index (κ2) is 11.9. The lowest BCUT2D eigenvalue weighted by Gasteiger charge is -2.11. The van der Waals surface area contributed by atoms with Gasteiger partial charge in [0.1, 0.15) is 10.8 Å². The first kappa shape index (κ1) is 26.2. The van der Waals surface area contributed by atoms with Crippen LogP contribution in [0.25, 0.3) is 11.4 Å². The van der Waals surface area contributed by atoms with Crippen LogP contribution >= 0.6 is 23.1 Å². The number of fused-ring (bicyclic) bond motifs is 1. The molecule has 0 aliphatic heterocycles. The van der Waals surface area contributed by atoms with Gasteiger partial charge in [-0.1, -0.05) is 25.6 Å². The molecule has 0 atom stereocenters. The standard InChI is InChI=1S/C26H32N4O4S2/c1-5-30-23(17-10-12-18(13-11-17)34-14-16(2)3)28-29-26(30)35-15-21(31)27-24-22(25(32)33-4)19-8-6-7-9-20(19)36-24/h10-13,16H,5-9,14-15H2,1-4H3,(H,27,31). The summed E-state index contributed by atoms with van der Waals surface area (Å²) in [5.74, 6) is 1.60. The van der Waals surface area contributed by atoms with Crippen LogP contribution in [0.1, 0.15) is 54.4 Å². The third-order valence-corrected chi connectivity index (χ3v) is 8.05. The number of carbonyl (C=O) groups excluding carboxylic acids is 2. The molecule has 0 bridgehead atoms. The van der Waals surface area contributed by atoms with E-state index in [2.05, 4.69) is 29.4 Å². The van der Waals surface area contributed by atoms with Gasteiger partial charge in [-0.25, -0.2) is 4.79 Å². The van der Waals surface area contributed by atoms with Crippen LogP contribution in [0.2, 0.25) is 0 Å². The zero-order valence-electron chi connectivity index (χ0n) is 21.1. The second-order valence-corrected chi connectivity index (χ2v) is 11.1. The molecule has 1 aromatic carbocycles. The quantitative estimate of drug-likeness (QED) is 0.276. The summed E-state index contributed by atoms with van der Waals surface area (Å²) in [7, 11) is 1.37.